The first-order valence-electron chi connectivity index (χ1n) is 4.78. The molecule has 0 aliphatic carbocycles. The summed E-state index contributed by atoms with van der Waals surface area (Å²) in [6.45, 7) is 2.48. The van der Waals surface area contributed by atoms with E-state index in [0.29, 0.717) is 17.0 Å². The molecular formula is C10H13BrN2O2. The molecule has 0 spiro atoms. The number of carbonyl (C=O) groups is 1. The number of rotatable bonds is 4. The number of hydrogen-bond donors (Lipinski definition) is 1. The second-order valence-corrected chi connectivity index (χ2v) is 3.77. The van der Waals surface area contributed by atoms with Gasteiger partial charge < -0.3 is 4.74 Å². The molecule has 1 rings (SSSR count). The molecule has 1 aromatic heterocycles. The lowest BCUT2D eigenvalue weighted by Crippen LogP contribution is -2.15. The van der Waals surface area contributed by atoms with Crippen LogP contribution in [-0.2, 0) is 4.74 Å². The van der Waals surface area contributed by atoms with Gasteiger partial charge in [-0.2, -0.15) is 0 Å². The number of amides is 1. The number of nitrogens with zero attached hydrogens (tertiary/aromatic N) is 1. The Kier molecular flexibility index (Phi) is 5.10. The second kappa shape index (κ2) is 6.40. The fraction of sp³-hybridized carbons (Fsp3) is 0.400. The zero-order chi connectivity index (χ0) is 11.1. The van der Waals surface area contributed by atoms with Crippen LogP contribution in [0.3, 0.4) is 0 Å². The van der Waals surface area contributed by atoms with E-state index in [1.165, 1.54) is 0 Å². The fourth-order valence-electron chi connectivity index (χ4n) is 0.928. The maximum absolute atomic E-state index is 11.2. The average Bonchev–Trinajstić information content (AvgIpc) is 2.18. The normalized spacial score (nSPS) is 9.73. The number of carbonyl (C=O) groups excluding carboxylic acids is 1. The van der Waals surface area contributed by atoms with E-state index < -0.39 is 6.09 Å². The lowest BCUT2D eigenvalue weighted by atomic mass is 10.4. The number of nitrogens with one attached hydrogen (secondary N) is 1. The molecule has 1 N–H and O–H groups in total. The first-order chi connectivity index (χ1) is 7.22. The topological polar surface area (TPSA) is 51.2 Å². The molecule has 0 radical (unpaired) electrons. The molecule has 5 heteroatoms. The largest absolute Gasteiger partial charge is 0.449 e. The summed E-state index contributed by atoms with van der Waals surface area (Å²) >= 11 is 3.21. The van der Waals surface area contributed by atoms with E-state index in [-0.39, 0.29) is 0 Å². The smallest absolute Gasteiger partial charge is 0.412 e. The van der Waals surface area contributed by atoms with E-state index in [2.05, 4.69) is 26.2 Å². The highest BCUT2D eigenvalue weighted by atomic mass is 79.9. The Morgan fingerprint density at radius 1 is 1.60 bits per heavy atom. The summed E-state index contributed by atoms with van der Waals surface area (Å²) in [6, 6.07) is 5.28. The van der Waals surface area contributed by atoms with Gasteiger partial charge in [0.2, 0.25) is 0 Å². The van der Waals surface area contributed by atoms with Crippen LogP contribution >= 0.6 is 15.9 Å². The minimum absolute atomic E-state index is 0.441. The van der Waals surface area contributed by atoms with Crippen molar-refractivity contribution in [2.45, 2.75) is 19.8 Å². The van der Waals surface area contributed by atoms with Crippen molar-refractivity contribution in [3.8, 4) is 0 Å². The van der Waals surface area contributed by atoms with Gasteiger partial charge in [-0.25, -0.2) is 9.78 Å². The van der Waals surface area contributed by atoms with Crippen LogP contribution in [0.2, 0.25) is 0 Å². The Bertz CT molecular complexity index is 331. The van der Waals surface area contributed by atoms with Crippen LogP contribution in [0.25, 0.3) is 0 Å². The summed E-state index contributed by atoms with van der Waals surface area (Å²) in [6.07, 6.45) is 1.41. The van der Waals surface area contributed by atoms with Gasteiger partial charge in [-0.3, -0.25) is 5.32 Å². The van der Waals surface area contributed by atoms with Gasteiger partial charge >= 0.3 is 6.09 Å². The molecule has 1 heterocycles. The summed E-state index contributed by atoms with van der Waals surface area (Å²) in [4.78, 5) is 15.3. The van der Waals surface area contributed by atoms with Crippen molar-refractivity contribution >= 4 is 27.8 Å². The van der Waals surface area contributed by atoms with Crippen molar-refractivity contribution in [2.24, 2.45) is 0 Å². The molecule has 0 aliphatic heterocycles. The molecule has 0 bridgehead atoms. The summed E-state index contributed by atoms with van der Waals surface area (Å²) in [7, 11) is 0. The van der Waals surface area contributed by atoms with Crippen molar-refractivity contribution in [1.29, 1.82) is 0 Å². The Hall–Kier alpha value is -1.10. The summed E-state index contributed by atoms with van der Waals surface area (Å²) in [5.41, 5.74) is 0. The zero-order valence-corrected chi connectivity index (χ0v) is 10.1. The Morgan fingerprint density at radius 3 is 3.07 bits per heavy atom. The third-order valence-corrected chi connectivity index (χ3v) is 2.12. The maximum atomic E-state index is 11.2. The molecular weight excluding hydrogens is 260 g/mol. The molecule has 15 heavy (non-hydrogen) atoms. The Labute approximate surface area is 97.2 Å². The van der Waals surface area contributed by atoms with Crippen LogP contribution in [-0.4, -0.2) is 17.7 Å². The van der Waals surface area contributed by atoms with E-state index in [1.54, 1.807) is 18.2 Å². The van der Waals surface area contributed by atoms with Crippen LogP contribution in [0.4, 0.5) is 10.6 Å². The summed E-state index contributed by atoms with van der Waals surface area (Å²) in [5, 5.41) is 2.54. The van der Waals surface area contributed by atoms with Crippen LogP contribution in [0, 0.1) is 0 Å². The van der Waals surface area contributed by atoms with Gasteiger partial charge in [0.25, 0.3) is 0 Å². The highest BCUT2D eigenvalue weighted by Gasteiger charge is 2.03. The number of halogens is 1. The standard InChI is InChI=1S/C10H13BrN2O2/c1-2-3-7-15-10(14)13-9-6-4-5-8(11)12-9/h4-6H,2-3,7H2,1H3,(H,12,13,14). The zero-order valence-electron chi connectivity index (χ0n) is 8.50. The molecule has 82 valence electrons. The highest BCUT2D eigenvalue weighted by Crippen LogP contribution is 2.10. The van der Waals surface area contributed by atoms with Gasteiger partial charge in [-0.1, -0.05) is 19.4 Å². The number of ether oxygens (including phenoxy) is 1. The molecule has 0 aromatic carbocycles. The van der Waals surface area contributed by atoms with E-state index >= 15 is 0 Å². The molecule has 0 unspecified atom stereocenters. The molecule has 0 saturated carbocycles. The SMILES string of the molecule is CCCCOC(=O)Nc1cccc(Br)n1. The second-order valence-electron chi connectivity index (χ2n) is 2.96. The molecule has 0 fully saturated rings. The molecule has 1 aromatic rings. The first-order valence-corrected chi connectivity index (χ1v) is 5.58. The van der Waals surface area contributed by atoms with Crippen molar-refractivity contribution in [1.82, 2.24) is 4.98 Å². The van der Waals surface area contributed by atoms with Crippen LogP contribution in [0.15, 0.2) is 22.8 Å². The van der Waals surface area contributed by atoms with Gasteiger partial charge in [0.05, 0.1) is 6.61 Å². The molecule has 0 aliphatic rings. The molecule has 0 atom stereocenters. The Morgan fingerprint density at radius 2 is 2.40 bits per heavy atom. The van der Waals surface area contributed by atoms with Gasteiger partial charge in [-0.15, -0.1) is 0 Å². The average molecular weight is 273 g/mol. The monoisotopic (exact) mass is 272 g/mol. The number of aromatic nitrogens is 1. The van der Waals surface area contributed by atoms with E-state index in [0.717, 1.165) is 12.8 Å². The number of unbranched alkanes of at least 4 members (excludes halogenated alkanes) is 1. The number of anilines is 1. The third kappa shape index (κ3) is 4.78. The van der Waals surface area contributed by atoms with Gasteiger partial charge in [0.15, 0.2) is 0 Å². The van der Waals surface area contributed by atoms with Crippen LogP contribution in [0.5, 0.6) is 0 Å². The molecule has 0 saturated heterocycles. The summed E-state index contributed by atoms with van der Waals surface area (Å²) < 4.78 is 5.60. The fourth-order valence-corrected chi connectivity index (χ4v) is 1.27. The Balaban J connectivity index is 2.37. The maximum Gasteiger partial charge on any atom is 0.412 e. The van der Waals surface area contributed by atoms with Crippen LogP contribution < -0.4 is 5.32 Å². The van der Waals surface area contributed by atoms with Crippen molar-refractivity contribution < 1.29 is 9.53 Å². The minimum Gasteiger partial charge on any atom is -0.449 e. The number of pyridine rings is 1. The first kappa shape index (κ1) is 12.0. The van der Waals surface area contributed by atoms with Crippen molar-refractivity contribution in [2.75, 3.05) is 11.9 Å². The lowest BCUT2D eigenvalue weighted by Gasteiger charge is -2.05. The lowest BCUT2D eigenvalue weighted by molar-refractivity contribution is 0.160. The quantitative estimate of drug-likeness (QED) is 0.677. The van der Waals surface area contributed by atoms with Crippen molar-refractivity contribution in [3.05, 3.63) is 22.8 Å². The van der Waals surface area contributed by atoms with Gasteiger partial charge in [0.1, 0.15) is 10.4 Å². The predicted molar refractivity (Wildman–Crippen MR) is 61.8 cm³/mol. The van der Waals surface area contributed by atoms with Crippen molar-refractivity contribution in [3.63, 3.8) is 0 Å². The molecule has 1 amide bonds. The van der Waals surface area contributed by atoms with Gasteiger partial charge in [-0.05, 0) is 34.5 Å². The molecule has 4 nitrogen and oxygen atoms in total. The number of hydrogen-bond acceptors (Lipinski definition) is 3. The third-order valence-electron chi connectivity index (χ3n) is 1.68. The minimum atomic E-state index is -0.464. The van der Waals surface area contributed by atoms with E-state index in [1.807, 2.05) is 6.92 Å². The summed E-state index contributed by atoms with van der Waals surface area (Å²) in [5.74, 6) is 0.478. The van der Waals surface area contributed by atoms with Crippen LogP contribution in [0.1, 0.15) is 19.8 Å². The highest BCUT2D eigenvalue weighted by molar-refractivity contribution is 9.10. The van der Waals surface area contributed by atoms with E-state index in [4.69, 9.17) is 4.74 Å². The predicted octanol–water partition coefficient (Wildman–Crippen LogP) is 3.19. The van der Waals surface area contributed by atoms with Gasteiger partial charge in [0, 0.05) is 0 Å². The van der Waals surface area contributed by atoms with E-state index in [9.17, 15) is 4.79 Å².